The number of alkyl carbamates (subject to hydrolysis) is 1. The molecule has 0 spiro atoms. The van der Waals surface area contributed by atoms with Crippen LogP contribution in [-0.2, 0) is 4.74 Å². The van der Waals surface area contributed by atoms with Gasteiger partial charge in [-0.1, -0.05) is 18.2 Å². The predicted molar refractivity (Wildman–Crippen MR) is 129 cm³/mol. The maximum Gasteiger partial charge on any atom is 0.408 e. The van der Waals surface area contributed by atoms with E-state index in [0.29, 0.717) is 16.7 Å². The van der Waals surface area contributed by atoms with Crippen LogP contribution in [0.5, 0.6) is 0 Å². The number of amides is 2. The number of carboxylic acids is 1. The number of hydrogen-bond donors (Lipinski definition) is 3. The molecule has 3 N–H and O–H groups in total. The number of aromatic carboxylic acids is 1. The molecule has 8 nitrogen and oxygen atoms in total. The Morgan fingerprint density at radius 1 is 1.06 bits per heavy atom. The smallest absolute Gasteiger partial charge is 0.408 e. The van der Waals surface area contributed by atoms with Gasteiger partial charge in [-0.15, -0.1) is 0 Å². The summed E-state index contributed by atoms with van der Waals surface area (Å²) >= 11 is 0. The fourth-order valence-electron chi connectivity index (χ4n) is 3.38. The number of carboxylic acid groups (broad SMARTS) is 1. The number of halogens is 1. The van der Waals surface area contributed by atoms with Gasteiger partial charge in [-0.25, -0.2) is 14.0 Å². The number of benzene rings is 2. The van der Waals surface area contributed by atoms with E-state index in [9.17, 15) is 23.9 Å². The third-order valence-corrected chi connectivity index (χ3v) is 4.96. The number of nitrogens with zero attached hydrogens (tertiary/aromatic N) is 1. The Kier molecular flexibility index (Phi) is 7.49. The lowest BCUT2D eigenvalue weighted by Gasteiger charge is -2.23. The van der Waals surface area contributed by atoms with Gasteiger partial charge in [0.25, 0.3) is 5.91 Å². The van der Waals surface area contributed by atoms with Gasteiger partial charge in [-0.2, -0.15) is 0 Å². The van der Waals surface area contributed by atoms with E-state index in [1.165, 1.54) is 24.4 Å². The standard InChI is InChI=1S/C26H26FN3O5/c1-15(29-25(34)35-26(2,3)4)19-9-8-17(23(31)30-22-10-11-28-14-21(22)27)13-20(19)16-6-5-7-18(12-16)24(32)33/h5-15H,1-4H3,(H,29,34)(H,32,33)(H,28,30,31). The molecule has 0 aliphatic carbocycles. The number of hydrogen-bond acceptors (Lipinski definition) is 5. The second-order valence-corrected chi connectivity index (χ2v) is 8.87. The third kappa shape index (κ3) is 6.63. The maximum atomic E-state index is 14.0. The van der Waals surface area contributed by atoms with Gasteiger partial charge < -0.3 is 20.5 Å². The van der Waals surface area contributed by atoms with Crippen LogP contribution in [0.4, 0.5) is 14.9 Å². The molecular formula is C26H26FN3O5. The highest BCUT2D eigenvalue weighted by Gasteiger charge is 2.21. The molecule has 0 saturated heterocycles. The first-order valence-corrected chi connectivity index (χ1v) is 10.8. The summed E-state index contributed by atoms with van der Waals surface area (Å²) in [5.41, 5.74) is 1.25. The highest BCUT2D eigenvalue weighted by atomic mass is 19.1. The highest BCUT2D eigenvalue weighted by Crippen LogP contribution is 2.31. The zero-order valence-corrected chi connectivity index (χ0v) is 19.8. The van der Waals surface area contributed by atoms with E-state index in [0.717, 1.165) is 6.20 Å². The summed E-state index contributed by atoms with van der Waals surface area (Å²) < 4.78 is 19.3. The molecule has 1 aromatic heterocycles. The van der Waals surface area contributed by atoms with Crippen molar-refractivity contribution in [3.8, 4) is 11.1 Å². The molecule has 1 atom stereocenters. The molecule has 0 saturated carbocycles. The first kappa shape index (κ1) is 25.4. The molecule has 0 aliphatic rings. The van der Waals surface area contributed by atoms with Crippen LogP contribution < -0.4 is 10.6 Å². The molecule has 182 valence electrons. The Hall–Kier alpha value is -4.27. The quantitative estimate of drug-likeness (QED) is 0.434. The first-order valence-electron chi connectivity index (χ1n) is 10.8. The van der Waals surface area contributed by atoms with Crippen molar-refractivity contribution in [2.45, 2.75) is 39.3 Å². The van der Waals surface area contributed by atoms with Gasteiger partial charge in [0.15, 0.2) is 5.82 Å². The SMILES string of the molecule is CC(NC(=O)OC(C)(C)C)c1ccc(C(=O)Nc2ccncc2F)cc1-c1cccc(C(=O)O)c1. The van der Waals surface area contributed by atoms with Crippen molar-refractivity contribution >= 4 is 23.7 Å². The summed E-state index contributed by atoms with van der Waals surface area (Å²) in [5.74, 6) is -2.34. The lowest BCUT2D eigenvalue weighted by molar-refractivity contribution is 0.0507. The molecule has 1 unspecified atom stereocenters. The molecule has 0 aliphatic heterocycles. The van der Waals surface area contributed by atoms with Crippen molar-refractivity contribution < 1.29 is 28.6 Å². The number of rotatable bonds is 6. The van der Waals surface area contributed by atoms with E-state index in [1.807, 2.05) is 0 Å². The van der Waals surface area contributed by atoms with Gasteiger partial charge in [-0.05, 0) is 74.7 Å². The minimum absolute atomic E-state index is 0.0246. The van der Waals surface area contributed by atoms with E-state index in [2.05, 4.69) is 15.6 Å². The highest BCUT2D eigenvalue weighted by molar-refractivity contribution is 6.05. The molecule has 0 bridgehead atoms. The van der Waals surface area contributed by atoms with E-state index >= 15 is 0 Å². The Bertz CT molecular complexity index is 1270. The summed E-state index contributed by atoms with van der Waals surface area (Å²) in [7, 11) is 0. The predicted octanol–water partition coefficient (Wildman–Crippen LogP) is 5.42. The monoisotopic (exact) mass is 479 g/mol. The molecule has 2 amide bonds. The van der Waals surface area contributed by atoms with Crippen LogP contribution in [0, 0.1) is 5.82 Å². The van der Waals surface area contributed by atoms with Crippen LogP contribution in [0.25, 0.3) is 11.1 Å². The topological polar surface area (TPSA) is 118 Å². The number of carbonyl (C=O) groups excluding carboxylic acids is 2. The fraction of sp³-hybridized carbons (Fsp3) is 0.231. The third-order valence-electron chi connectivity index (χ3n) is 4.96. The molecule has 3 rings (SSSR count). The fourth-order valence-corrected chi connectivity index (χ4v) is 3.38. The summed E-state index contributed by atoms with van der Waals surface area (Å²) in [6.07, 6.45) is 1.73. The number of pyridine rings is 1. The van der Waals surface area contributed by atoms with Crippen LogP contribution in [0.15, 0.2) is 60.9 Å². The van der Waals surface area contributed by atoms with Gasteiger partial charge in [-0.3, -0.25) is 9.78 Å². The number of anilines is 1. The van der Waals surface area contributed by atoms with Crippen LogP contribution in [0.2, 0.25) is 0 Å². The zero-order chi connectivity index (χ0) is 25.8. The summed E-state index contributed by atoms with van der Waals surface area (Å²) in [4.78, 5) is 40.4. The molecule has 1 heterocycles. The molecule has 3 aromatic rings. The Morgan fingerprint density at radius 3 is 2.46 bits per heavy atom. The van der Waals surface area contributed by atoms with Crippen molar-refractivity contribution in [1.82, 2.24) is 10.3 Å². The minimum atomic E-state index is -1.10. The van der Waals surface area contributed by atoms with Crippen LogP contribution in [0.3, 0.4) is 0 Å². The van der Waals surface area contributed by atoms with Gasteiger partial charge in [0, 0.05) is 11.8 Å². The van der Waals surface area contributed by atoms with E-state index in [-0.39, 0.29) is 16.8 Å². The molecule has 0 fully saturated rings. The van der Waals surface area contributed by atoms with Gasteiger partial charge in [0.05, 0.1) is 23.5 Å². The molecular weight excluding hydrogens is 453 g/mol. The molecule has 2 aromatic carbocycles. The number of aromatic nitrogens is 1. The molecule has 35 heavy (non-hydrogen) atoms. The van der Waals surface area contributed by atoms with Crippen LogP contribution in [0.1, 0.15) is 60.0 Å². The molecule has 9 heteroatoms. The van der Waals surface area contributed by atoms with Gasteiger partial charge >= 0.3 is 12.1 Å². The second kappa shape index (κ2) is 10.3. The van der Waals surface area contributed by atoms with Crippen LogP contribution in [-0.4, -0.2) is 33.7 Å². The Balaban J connectivity index is 2.01. The van der Waals surface area contributed by atoms with Gasteiger partial charge in [0.1, 0.15) is 5.60 Å². The molecule has 0 radical (unpaired) electrons. The van der Waals surface area contributed by atoms with Crippen molar-refractivity contribution in [2.75, 3.05) is 5.32 Å². The van der Waals surface area contributed by atoms with Crippen LogP contribution >= 0.6 is 0 Å². The van der Waals surface area contributed by atoms with Crippen molar-refractivity contribution in [1.29, 1.82) is 0 Å². The van der Waals surface area contributed by atoms with E-state index < -0.39 is 35.4 Å². The summed E-state index contributed by atoms with van der Waals surface area (Å²) in [6, 6.07) is 11.8. The van der Waals surface area contributed by atoms with Gasteiger partial charge in [0.2, 0.25) is 0 Å². The van der Waals surface area contributed by atoms with Crippen molar-refractivity contribution in [3.63, 3.8) is 0 Å². The number of nitrogens with one attached hydrogen (secondary N) is 2. The number of carbonyl (C=O) groups is 3. The summed E-state index contributed by atoms with van der Waals surface area (Å²) in [5, 5.41) is 14.7. The second-order valence-electron chi connectivity index (χ2n) is 8.87. The first-order chi connectivity index (χ1) is 16.4. The maximum absolute atomic E-state index is 14.0. The average Bonchev–Trinajstić information content (AvgIpc) is 2.78. The Morgan fingerprint density at radius 2 is 1.80 bits per heavy atom. The normalized spacial score (nSPS) is 11.9. The van der Waals surface area contributed by atoms with E-state index in [4.69, 9.17) is 4.74 Å². The largest absolute Gasteiger partial charge is 0.478 e. The average molecular weight is 480 g/mol. The minimum Gasteiger partial charge on any atom is -0.478 e. The number of ether oxygens (including phenoxy) is 1. The Labute approximate surface area is 202 Å². The lowest BCUT2D eigenvalue weighted by Crippen LogP contribution is -2.34. The van der Waals surface area contributed by atoms with Crippen molar-refractivity contribution in [2.24, 2.45) is 0 Å². The lowest BCUT2D eigenvalue weighted by atomic mass is 9.92. The van der Waals surface area contributed by atoms with E-state index in [1.54, 1.807) is 58.0 Å². The summed E-state index contributed by atoms with van der Waals surface area (Å²) in [6.45, 7) is 6.99. The zero-order valence-electron chi connectivity index (χ0n) is 19.8. The van der Waals surface area contributed by atoms with Crippen molar-refractivity contribution in [3.05, 3.63) is 83.4 Å².